The lowest BCUT2D eigenvalue weighted by atomic mass is 10.0. The molecular formula is C19H16F2N2. The molecule has 0 amide bonds. The number of nitriles is 1. The lowest BCUT2D eigenvalue weighted by Gasteiger charge is -2.18. The topological polar surface area (TPSA) is 27.0 Å². The SMILES string of the molecule is N#CC(=Cc1ccc(N2CCCC2)c(F)c1)c1ccccc1F. The summed E-state index contributed by atoms with van der Waals surface area (Å²) in [7, 11) is 0. The molecule has 2 nitrogen and oxygen atoms in total. The summed E-state index contributed by atoms with van der Waals surface area (Å²) >= 11 is 0. The Morgan fingerprint density at radius 2 is 1.78 bits per heavy atom. The molecule has 0 bridgehead atoms. The number of anilines is 1. The van der Waals surface area contributed by atoms with Crippen molar-refractivity contribution in [2.75, 3.05) is 18.0 Å². The van der Waals surface area contributed by atoms with Gasteiger partial charge in [0, 0.05) is 18.7 Å². The van der Waals surface area contributed by atoms with Gasteiger partial charge in [-0.25, -0.2) is 8.78 Å². The maximum Gasteiger partial charge on any atom is 0.147 e. The van der Waals surface area contributed by atoms with Crippen LogP contribution < -0.4 is 4.90 Å². The predicted octanol–water partition coefficient (Wildman–Crippen LogP) is 4.63. The van der Waals surface area contributed by atoms with E-state index in [1.54, 1.807) is 30.3 Å². The standard InChI is InChI=1S/C19H16F2N2/c20-17-6-2-1-5-16(17)15(13-22)11-14-7-8-19(18(21)12-14)23-9-3-4-10-23/h1-2,5-8,11-12H,3-4,9-10H2. The first-order valence-corrected chi connectivity index (χ1v) is 7.60. The summed E-state index contributed by atoms with van der Waals surface area (Å²) in [4.78, 5) is 2.02. The second-order valence-electron chi connectivity index (χ2n) is 5.55. The summed E-state index contributed by atoms with van der Waals surface area (Å²) < 4.78 is 28.1. The zero-order chi connectivity index (χ0) is 16.2. The Bertz CT molecular complexity index is 784. The average molecular weight is 310 g/mol. The first-order valence-electron chi connectivity index (χ1n) is 7.60. The van der Waals surface area contributed by atoms with Crippen LogP contribution in [0, 0.1) is 23.0 Å². The highest BCUT2D eigenvalue weighted by molar-refractivity contribution is 5.89. The minimum atomic E-state index is -0.463. The van der Waals surface area contributed by atoms with E-state index >= 15 is 0 Å². The van der Waals surface area contributed by atoms with Crippen molar-refractivity contribution < 1.29 is 8.78 Å². The van der Waals surface area contributed by atoms with Gasteiger partial charge in [0.1, 0.15) is 11.6 Å². The molecule has 2 aromatic rings. The molecule has 0 aromatic heterocycles. The van der Waals surface area contributed by atoms with Gasteiger partial charge in [0.15, 0.2) is 0 Å². The first-order chi connectivity index (χ1) is 11.2. The van der Waals surface area contributed by atoms with Crippen molar-refractivity contribution >= 4 is 17.3 Å². The van der Waals surface area contributed by atoms with Gasteiger partial charge in [-0.3, -0.25) is 0 Å². The third kappa shape index (κ3) is 3.24. The summed E-state index contributed by atoms with van der Waals surface area (Å²) in [6.07, 6.45) is 3.66. The van der Waals surface area contributed by atoms with Gasteiger partial charge in [0.2, 0.25) is 0 Å². The number of rotatable bonds is 3. The zero-order valence-electron chi connectivity index (χ0n) is 12.6. The van der Waals surface area contributed by atoms with Crippen molar-refractivity contribution in [2.45, 2.75) is 12.8 Å². The molecule has 3 rings (SSSR count). The molecule has 0 saturated carbocycles. The number of halogens is 2. The Balaban J connectivity index is 1.93. The van der Waals surface area contributed by atoms with E-state index in [9.17, 15) is 14.0 Å². The van der Waals surface area contributed by atoms with Crippen LogP contribution in [0.4, 0.5) is 14.5 Å². The highest BCUT2D eigenvalue weighted by atomic mass is 19.1. The molecule has 0 spiro atoms. The van der Waals surface area contributed by atoms with Gasteiger partial charge >= 0.3 is 0 Å². The van der Waals surface area contributed by atoms with E-state index in [2.05, 4.69) is 0 Å². The van der Waals surface area contributed by atoms with Crippen molar-refractivity contribution in [1.82, 2.24) is 0 Å². The van der Waals surface area contributed by atoms with Crippen LogP contribution in [0.3, 0.4) is 0 Å². The van der Waals surface area contributed by atoms with E-state index in [-0.39, 0.29) is 17.0 Å². The molecule has 116 valence electrons. The van der Waals surface area contributed by atoms with Gasteiger partial charge in [-0.05, 0) is 42.7 Å². The van der Waals surface area contributed by atoms with Crippen LogP contribution in [-0.2, 0) is 0 Å². The number of benzene rings is 2. The van der Waals surface area contributed by atoms with Crippen molar-refractivity contribution in [2.24, 2.45) is 0 Å². The van der Waals surface area contributed by atoms with Crippen LogP contribution >= 0.6 is 0 Å². The van der Waals surface area contributed by atoms with Crippen molar-refractivity contribution in [1.29, 1.82) is 5.26 Å². The minimum absolute atomic E-state index is 0.177. The van der Waals surface area contributed by atoms with Gasteiger partial charge in [-0.1, -0.05) is 24.3 Å². The molecule has 1 fully saturated rings. The minimum Gasteiger partial charge on any atom is -0.369 e. The second kappa shape index (κ2) is 6.62. The number of nitrogens with zero attached hydrogens (tertiary/aromatic N) is 2. The first kappa shape index (κ1) is 15.2. The largest absolute Gasteiger partial charge is 0.369 e. The molecule has 0 unspecified atom stereocenters. The highest BCUT2D eigenvalue weighted by Crippen LogP contribution is 2.26. The van der Waals surface area contributed by atoms with Gasteiger partial charge < -0.3 is 4.90 Å². The maximum absolute atomic E-state index is 14.3. The van der Waals surface area contributed by atoms with Gasteiger partial charge in [0.05, 0.1) is 17.3 Å². The van der Waals surface area contributed by atoms with E-state index < -0.39 is 5.82 Å². The van der Waals surface area contributed by atoms with Gasteiger partial charge in [0.25, 0.3) is 0 Å². The van der Waals surface area contributed by atoms with Crippen molar-refractivity contribution in [3.63, 3.8) is 0 Å². The van der Waals surface area contributed by atoms with Crippen molar-refractivity contribution in [3.05, 3.63) is 65.2 Å². The van der Waals surface area contributed by atoms with Crippen LogP contribution in [0.1, 0.15) is 24.0 Å². The summed E-state index contributed by atoms with van der Waals surface area (Å²) in [6, 6.07) is 12.9. The molecule has 0 radical (unpaired) electrons. The zero-order valence-corrected chi connectivity index (χ0v) is 12.6. The fourth-order valence-corrected chi connectivity index (χ4v) is 2.84. The lowest BCUT2D eigenvalue weighted by Crippen LogP contribution is -2.18. The smallest absolute Gasteiger partial charge is 0.147 e. The molecule has 1 aliphatic rings. The number of hydrogen-bond donors (Lipinski definition) is 0. The fourth-order valence-electron chi connectivity index (χ4n) is 2.84. The Hall–Kier alpha value is -2.67. The number of allylic oxidation sites excluding steroid dienone is 1. The molecule has 1 saturated heterocycles. The van der Waals surface area contributed by atoms with Gasteiger partial charge in [-0.15, -0.1) is 0 Å². The van der Waals surface area contributed by atoms with E-state index in [4.69, 9.17) is 0 Å². The molecule has 0 N–H and O–H groups in total. The summed E-state index contributed by atoms with van der Waals surface area (Å²) in [5.41, 5.74) is 1.53. The molecule has 1 aliphatic heterocycles. The third-order valence-electron chi connectivity index (χ3n) is 4.01. The fraction of sp³-hybridized carbons (Fsp3) is 0.211. The Morgan fingerprint density at radius 3 is 2.43 bits per heavy atom. The van der Waals surface area contributed by atoms with Crippen molar-refractivity contribution in [3.8, 4) is 6.07 Å². The van der Waals surface area contributed by atoms with E-state index in [1.165, 1.54) is 18.2 Å². The quantitative estimate of drug-likeness (QED) is 0.610. The highest BCUT2D eigenvalue weighted by Gasteiger charge is 2.16. The van der Waals surface area contributed by atoms with Crippen LogP contribution in [-0.4, -0.2) is 13.1 Å². The monoisotopic (exact) mass is 310 g/mol. The summed E-state index contributed by atoms with van der Waals surface area (Å²) in [5, 5.41) is 9.27. The van der Waals surface area contributed by atoms with E-state index in [0.717, 1.165) is 25.9 Å². The lowest BCUT2D eigenvalue weighted by molar-refractivity contribution is 0.623. The van der Waals surface area contributed by atoms with Crippen LogP contribution in [0.25, 0.3) is 11.6 Å². The summed E-state index contributed by atoms with van der Waals surface area (Å²) in [6.45, 7) is 1.73. The third-order valence-corrected chi connectivity index (χ3v) is 4.01. The molecule has 0 atom stereocenters. The van der Waals surface area contributed by atoms with Gasteiger partial charge in [-0.2, -0.15) is 5.26 Å². The molecule has 0 aliphatic carbocycles. The average Bonchev–Trinajstić information content (AvgIpc) is 3.08. The summed E-state index contributed by atoms with van der Waals surface area (Å²) in [5.74, 6) is -0.777. The van der Waals surface area contributed by atoms with Crippen LogP contribution in [0.2, 0.25) is 0 Å². The Morgan fingerprint density at radius 1 is 1.04 bits per heavy atom. The predicted molar refractivity (Wildman–Crippen MR) is 87.7 cm³/mol. The van der Waals surface area contributed by atoms with E-state index in [0.29, 0.717) is 11.3 Å². The molecule has 4 heteroatoms. The molecule has 23 heavy (non-hydrogen) atoms. The van der Waals surface area contributed by atoms with Crippen LogP contribution in [0.15, 0.2) is 42.5 Å². The normalized spacial score (nSPS) is 14.8. The Kier molecular flexibility index (Phi) is 4.38. The van der Waals surface area contributed by atoms with Crippen LogP contribution in [0.5, 0.6) is 0 Å². The number of hydrogen-bond acceptors (Lipinski definition) is 2. The Labute approximate surface area is 134 Å². The molecule has 1 heterocycles. The molecular weight excluding hydrogens is 294 g/mol. The second-order valence-corrected chi connectivity index (χ2v) is 5.55. The maximum atomic E-state index is 14.3. The van der Waals surface area contributed by atoms with E-state index in [1.807, 2.05) is 11.0 Å². The molecule has 2 aromatic carbocycles.